The van der Waals surface area contributed by atoms with E-state index in [1.54, 1.807) is 11.8 Å². The second-order valence-electron chi connectivity index (χ2n) is 2.25. The average molecular weight is 244 g/mol. The Labute approximate surface area is 94.3 Å². The van der Waals surface area contributed by atoms with Crippen LogP contribution < -0.4 is 0 Å². The van der Waals surface area contributed by atoms with Crippen molar-refractivity contribution in [3.05, 3.63) is 0 Å². The highest BCUT2D eigenvalue weighted by Crippen LogP contribution is 2.13. The van der Waals surface area contributed by atoms with E-state index >= 15 is 0 Å². The molecule has 1 N–H and O–H groups in total. The lowest BCUT2D eigenvalue weighted by molar-refractivity contribution is 0.322. The summed E-state index contributed by atoms with van der Waals surface area (Å²) in [6, 6.07) is 0. The number of hydrogen-bond donors (Lipinski definition) is 3. The smallest absolute Gasteiger partial charge is 0.0521 e. The monoisotopic (exact) mass is 244 g/mol. The summed E-state index contributed by atoms with van der Waals surface area (Å²) in [6.07, 6.45) is 0. The molecule has 0 aromatic carbocycles. The molecule has 12 heavy (non-hydrogen) atoms. The highest BCUT2D eigenvalue weighted by atomic mass is 32.2. The van der Waals surface area contributed by atoms with Crippen molar-refractivity contribution in [3.63, 3.8) is 0 Å². The first-order valence-corrected chi connectivity index (χ1v) is 7.32. The molecule has 5 heteroatoms. The fourth-order valence-corrected chi connectivity index (χ4v) is 3.16. The minimum atomic E-state index is 0.273. The van der Waals surface area contributed by atoms with Crippen LogP contribution in [0.2, 0.25) is 0 Å². The Morgan fingerprint density at radius 3 is 2.25 bits per heavy atom. The Bertz CT molecular complexity index is 81.5. The van der Waals surface area contributed by atoms with Gasteiger partial charge in [-0.05, 0) is 5.75 Å². The maximum atomic E-state index is 8.53. The molecule has 0 spiro atoms. The van der Waals surface area contributed by atoms with Crippen molar-refractivity contribution in [1.82, 2.24) is 0 Å². The van der Waals surface area contributed by atoms with Crippen molar-refractivity contribution in [2.75, 3.05) is 35.4 Å². The lowest BCUT2D eigenvalue weighted by atomic mass is 10.5. The predicted octanol–water partition coefficient (Wildman–Crippen LogP) is 1.67. The first-order valence-electron chi connectivity index (χ1n) is 3.86. The van der Waals surface area contributed by atoms with Crippen molar-refractivity contribution in [1.29, 1.82) is 0 Å². The van der Waals surface area contributed by atoms with Crippen LogP contribution >= 0.6 is 48.8 Å². The van der Waals surface area contributed by atoms with E-state index in [4.69, 9.17) is 5.11 Å². The minimum absolute atomic E-state index is 0.273. The van der Waals surface area contributed by atoms with Crippen LogP contribution in [-0.4, -0.2) is 45.7 Å². The van der Waals surface area contributed by atoms with Gasteiger partial charge in [0.05, 0.1) is 6.61 Å². The predicted molar refractivity (Wildman–Crippen MR) is 68.4 cm³/mol. The third kappa shape index (κ3) is 9.45. The Morgan fingerprint density at radius 1 is 1.17 bits per heavy atom. The Balaban J connectivity index is 3.04. The van der Waals surface area contributed by atoms with Gasteiger partial charge in [-0.3, -0.25) is 0 Å². The van der Waals surface area contributed by atoms with Crippen LogP contribution in [0.5, 0.6) is 0 Å². The number of rotatable bonds is 8. The van der Waals surface area contributed by atoms with Crippen LogP contribution in [-0.2, 0) is 0 Å². The quantitative estimate of drug-likeness (QED) is 0.446. The van der Waals surface area contributed by atoms with Gasteiger partial charge in [-0.2, -0.15) is 48.8 Å². The van der Waals surface area contributed by atoms with Gasteiger partial charge >= 0.3 is 0 Å². The Hall–Kier alpha value is 1.36. The molecule has 0 radical (unpaired) electrons. The zero-order valence-electron chi connectivity index (χ0n) is 6.98. The van der Waals surface area contributed by atoms with Crippen molar-refractivity contribution in [3.8, 4) is 0 Å². The van der Waals surface area contributed by atoms with Crippen LogP contribution in [0.4, 0.5) is 0 Å². The fraction of sp³-hybridized carbons (Fsp3) is 1.00. The van der Waals surface area contributed by atoms with Crippen LogP contribution in [0, 0.1) is 0 Å². The van der Waals surface area contributed by atoms with Crippen molar-refractivity contribution >= 4 is 48.8 Å². The number of aliphatic hydroxyl groups excluding tert-OH is 1. The van der Waals surface area contributed by atoms with Gasteiger partial charge in [0.15, 0.2) is 0 Å². The fourth-order valence-electron chi connectivity index (χ4n) is 0.616. The molecule has 0 aliphatic rings. The van der Waals surface area contributed by atoms with E-state index in [1.165, 1.54) is 0 Å². The highest BCUT2D eigenvalue weighted by Gasteiger charge is 2.02. The molecule has 0 saturated heterocycles. The maximum Gasteiger partial charge on any atom is 0.0521 e. The van der Waals surface area contributed by atoms with E-state index in [0.29, 0.717) is 5.25 Å². The molecular formula is C7H16OS4. The lowest BCUT2D eigenvalue weighted by Gasteiger charge is -2.08. The van der Waals surface area contributed by atoms with Crippen LogP contribution in [0.25, 0.3) is 0 Å². The summed E-state index contributed by atoms with van der Waals surface area (Å²) in [5, 5.41) is 8.98. The SMILES string of the molecule is OCCSCC(S)CSCCS. The van der Waals surface area contributed by atoms with Gasteiger partial charge in [0.2, 0.25) is 0 Å². The largest absolute Gasteiger partial charge is 0.396 e. The topological polar surface area (TPSA) is 20.2 Å². The molecule has 0 amide bonds. The van der Waals surface area contributed by atoms with E-state index in [-0.39, 0.29) is 6.61 Å². The second kappa shape index (κ2) is 10.4. The summed E-state index contributed by atoms with van der Waals surface area (Å²) >= 11 is 12.2. The Morgan fingerprint density at radius 2 is 1.75 bits per heavy atom. The lowest BCUT2D eigenvalue weighted by Crippen LogP contribution is -2.07. The van der Waals surface area contributed by atoms with Gasteiger partial charge in [0.1, 0.15) is 0 Å². The molecule has 1 nitrogen and oxygen atoms in total. The van der Waals surface area contributed by atoms with Gasteiger partial charge < -0.3 is 5.11 Å². The molecule has 74 valence electrons. The Kier molecular flexibility index (Phi) is 11.6. The number of hydrogen-bond acceptors (Lipinski definition) is 5. The van der Waals surface area contributed by atoms with Crippen molar-refractivity contribution in [2.24, 2.45) is 0 Å². The maximum absolute atomic E-state index is 8.53. The van der Waals surface area contributed by atoms with E-state index in [1.807, 2.05) is 11.8 Å². The minimum Gasteiger partial charge on any atom is -0.396 e. The molecule has 0 aromatic rings. The summed E-state index contributed by atoms with van der Waals surface area (Å²) in [6.45, 7) is 0.273. The molecule has 0 rings (SSSR count). The molecule has 0 fully saturated rings. The van der Waals surface area contributed by atoms with Gasteiger partial charge in [0.25, 0.3) is 0 Å². The van der Waals surface area contributed by atoms with Crippen molar-refractivity contribution < 1.29 is 5.11 Å². The van der Waals surface area contributed by atoms with Crippen LogP contribution in [0.1, 0.15) is 0 Å². The average Bonchev–Trinajstić information content (AvgIpc) is 2.06. The summed E-state index contributed by atoms with van der Waals surface area (Å²) in [7, 11) is 0. The van der Waals surface area contributed by atoms with Gasteiger partial charge in [-0.15, -0.1) is 0 Å². The number of thioether (sulfide) groups is 2. The molecule has 1 unspecified atom stereocenters. The van der Waals surface area contributed by atoms with Crippen molar-refractivity contribution in [2.45, 2.75) is 5.25 Å². The summed E-state index contributed by atoms with van der Waals surface area (Å²) < 4.78 is 0. The summed E-state index contributed by atoms with van der Waals surface area (Å²) in [4.78, 5) is 0. The van der Waals surface area contributed by atoms with E-state index < -0.39 is 0 Å². The first-order chi connectivity index (χ1) is 5.81. The summed E-state index contributed by atoms with van der Waals surface area (Å²) in [5.74, 6) is 4.99. The van der Waals surface area contributed by atoms with Gasteiger partial charge in [-0.25, -0.2) is 0 Å². The molecule has 1 atom stereocenters. The van der Waals surface area contributed by atoms with Gasteiger partial charge in [0, 0.05) is 28.3 Å². The normalized spacial score (nSPS) is 13.2. The van der Waals surface area contributed by atoms with Crippen LogP contribution in [0.3, 0.4) is 0 Å². The third-order valence-electron chi connectivity index (χ3n) is 1.09. The standard InChI is InChI=1S/C7H16OS4/c8-1-3-11-5-7(10)6-12-4-2-9/h7-10H,1-6H2. The number of aliphatic hydroxyl groups is 1. The molecule has 0 bridgehead atoms. The highest BCUT2D eigenvalue weighted by molar-refractivity contribution is 8.01. The first kappa shape index (κ1) is 13.4. The summed E-state index contributed by atoms with van der Waals surface area (Å²) in [5.41, 5.74) is 0. The molecule has 0 saturated carbocycles. The second-order valence-corrected chi connectivity index (χ2v) is 5.73. The molecule has 0 aliphatic heterocycles. The zero-order chi connectivity index (χ0) is 9.23. The third-order valence-corrected chi connectivity index (χ3v) is 4.72. The zero-order valence-corrected chi connectivity index (χ0v) is 10.4. The van der Waals surface area contributed by atoms with E-state index in [9.17, 15) is 0 Å². The molecule has 0 aromatic heterocycles. The van der Waals surface area contributed by atoms with E-state index in [2.05, 4.69) is 25.3 Å². The number of thiol groups is 2. The molecule has 0 heterocycles. The van der Waals surface area contributed by atoms with Gasteiger partial charge in [-0.1, -0.05) is 0 Å². The van der Waals surface area contributed by atoms with E-state index in [0.717, 1.165) is 28.8 Å². The van der Waals surface area contributed by atoms with Crippen LogP contribution in [0.15, 0.2) is 0 Å². The molecular weight excluding hydrogens is 228 g/mol. The molecule has 0 aliphatic carbocycles.